The first-order chi connectivity index (χ1) is 12.3. The molecule has 0 atom stereocenters. The fourth-order valence-corrected chi connectivity index (χ4v) is 4.76. The standard InChI is InChI=1S/C17H16N4O2S2/c18-3-4-21-14(10-20-5-7-23-8-6-20)19-16-15(17(21)22)12(11-25-16)13-2-1-9-24-13/h1-2,9,11H,4-8,10H2. The van der Waals surface area contributed by atoms with E-state index in [1.54, 1.807) is 11.3 Å². The topological polar surface area (TPSA) is 71.2 Å². The Bertz CT molecular complexity index is 979. The number of nitriles is 1. The number of hydrogen-bond acceptors (Lipinski definition) is 7. The minimum absolute atomic E-state index is 0.0151. The first-order valence-electron chi connectivity index (χ1n) is 8.00. The summed E-state index contributed by atoms with van der Waals surface area (Å²) in [7, 11) is 0. The van der Waals surface area contributed by atoms with Gasteiger partial charge in [0.2, 0.25) is 0 Å². The molecule has 1 aliphatic rings. The lowest BCUT2D eigenvalue weighted by atomic mass is 10.2. The van der Waals surface area contributed by atoms with Gasteiger partial charge in [0.15, 0.2) is 0 Å². The Morgan fingerprint density at radius 3 is 2.88 bits per heavy atom. The summed E-state index contributed by atoms with van der Waals surface area (Å²) in [4.78, 5) is 21.8. The first-order valence-corrected chi connectivity index (χ1v) is 9.75. The molecule has 4 rings (SSSR count). The van der Waals surface area contributed by atoms with Gasteiger partial charge in [-0.05, 0) is 11.4 Å². The van der Waals surface area contributed by atoms with Crippen LogP contribution in [-0.4, -0.2) is 40.8 Å². The van der Waals surface area contributed by atoms with Gasteiger partial charge in [-0.3, -0.25) is 14.3 Å². The Morgan fingerprint density at radius 1 is 1.32 bits per heavy atom. The highest BCUT2D eigenvalue weighted by Crippen LogP contribution is 2.33. The van der Waals surface area contributed by atoms with E-state index >= 15 is 0 Å². The van der Waals surface area contributed by atoms with Crippen LogP contribution in [0.5, 0.6) is 0 Å². The molecule has 0 spiro atoms. The van der Waals surface area contributed by atoms with E-state index in [4.69, 9.17) is 9.72 Å². The summed E-state index contributed by atoms with van der Waals surface area (Å²) >= 11 is 3.09. The highest BCUT2D eigenvalue weighted by molar-refractivity contribution is 7.18. The summed E-state index contributed by atoms with van der Waals surface area (Å²) in [5.74, 6) is 0.653. The summed E-state index contributed by atoms with van der Waals surface area (Å²) < 4.78 is 6.89. The van der Waals surface area contributed by atoms with E-state index < -0.39 is 0 Å². The van der Waals surface area contributed by atoms with Crippen LogP contribution in [0.2, 0.25) is 0 Å². The Kier molecular flexibility index (Phi) is 4.63. The zero-order chi connectivity index (χ0) is 17.2. The average Bonchev–Trinajstić information content (AvgIpc) is 3.28. The molecule has 0 unspecified atom stereocenters. The minimum atomic E-state index is -0.126. The van der Waals surface area contributed by atoms with E-state index in [0.717, 1.165) is 28.4 Å². The first kappa shape index (κ1) is 16.4. The van der Waals surface area contributed by atoms with Crippen LogP contribution in [0.1, 0.15) is 5.82 Å². The van der Waals surface area contributed by atoms with Crippen molar-refractivity contribution in [3.63, 3.8) is 0 Å². The molecule has 0 radical (unpaired) electrons. The molecule has 1 aliphatic heterocycles. The molecular weight excluding hydrogens is 356 g/mol. The van der Waals surface area contributed by atoms with Crippen LogP contribution in [0.4, 0.5) is 0 Å². The third-order valence-corrected chi connectivity index (χ3v) is 6.03. The molecule has 4 heterocycles. The summed E-state index contributed by atoms with van der Waals surface area (Å²) in [5, 5.41) is 13.8. The summed E-state index contributed by atoms with van der Waals surface area (Å²) in [6.45, 7) is 3.57. The molecule has 3 aromatic rings. The van der Waals surface area contributed by atoms with Crippen molar-refractivity contribution in [3.8, 4) is 16.5 Å². The van der Waals surface area contributed by atoms with Crippen LogP contribution in [0.3, 0.4) is 0 Å². The largest absolute Gasteiger partial charge is 0.379 e. The van der Waals surface area contributed by atoms with E-state index in [9.17, 15) is 10.1 Å². The van der Waals surface area contributed by atoms with Crippen LogP contribution in [0.15, 0.2) is 27.7 Å². The highest BCUT2D eigenvalue weighted by Gasteiger charge is 2.20. The van der Waals surface area contributed by atoms with Crippen molar-refractivity contribution in [1.29, 1.82) is 5.26 Å². The number of thiophene rings is 2. The molecule has 6 nitrogen and oxygen atoms in total. The highest BCUT2D eigenvalue weighted by atomic mass is 32.1. The zero-order valence-corrected chi connectivity index (χ0v) is 15.1. The molecule has 1 saturated heterocycles. The van der Waals surface area contributed by atoms with E-state index in [1.807, 2.05) is 22.9 Å². The third-order valence-electron chi connectivity index (χ3n) is 4.26. The van der Waals surface area contributed by atoms with Crippen LogP contribution in [0.25, 0.3) is 20.7 Å². The molecule has 0 bridgehead atoms. The van der Waals surface area contributed by atoms with Crippen molar-refractivity contribution in [2.24, 2.45) is 0 Å². The van der Waals surface area contributed by atoms with E-state index in [0.29, 0.717) is 31.0 Å². The second-order valence-corrected chi connectivity index (χ2v) is 7.58. The quantitative estimate of drug-likeness (QED) is 0.704. The number of ether oxygens (including phenoxy) is 1. The van der Waals surface area contributed by atoms with Crippen LogP contribution in [-0.2, 0) is 17.8 Å². The summed E-state index contributed by atoms with van der Waals surface area (Å²) in [6.07, 6.45) is 0. The number of morpholine rings is 1. The molecule has 0 aromatic carbocycles. The van der Waals surface area contributed by atoms with Crippen molar-refractivity contribution < 1.29 is 4.74 Å². The van der Waals surface area contributed by atoms with E-state index in [2.05, 4.69) is 11.0 Å². The predicted molar refractivity (Wildman–Crippen MR) is 98.9 cm³/mol. The van der Waals surface area contributed by atoms with E-state index in [1.165, 1.54) is 15.9 Å². The maximum Gasteiger partial charge on any atom is 0.263 e. The van der Waals surface area contributed by atoms with Crippen molar-refractivity contribution in [2.45, 2.75) is 13.1 Å². The Hall–Kier alpha value is -2.05. The maximum absolute atomic E-state index is 13.1. The van der Waals surface area contributed by atoms with Crippen LogP contribution >= 0.6 is 22.7 Å². The van der Waals surface area contributed by atoms with Crippen LogP contribution in [0, 0.1) is 11.3 Å². The molecule has 25 heavy (non-hydrogen) atoms. The monoisotopic (exact) mass is 372 g/mol. The normalized spacial score (nSPS) is 15.5. The Labute approximate surface area is 152 Å². The Balaban J connectivity index is 1.82. The fourth-order valence-electron chi connectivity index (χ4n) is 2.99. The molecule has 0 aliphatic carbocycles. The van der Waals surface area contributed by atoms with Crippen molar-refractivity contribution in [2.75, 3.05) is 26.3 Å². The van der Waals surface area contributed by atoms with Gasteiger partial charge in [-0.2, -0.15) is 5.26 Å². The van der Waals surface area contributed by atoms with Gasteiger partial charge in [-0.25, -0.2) is 4.98 Å². The lowest BCUT2D eigenvalue weighted by Crippen LogP contribution is -2.38. The molecule has 8 heteroatoms. The number of rotatable bonds is 4. The maximum atomic E-state index is 13.1. The summed E-state index contributed by atoms with van der Waals surface area (Å²) in [5.41, 5.74) is 0.788. The van der Waals surface area contributed by atoms with Crippen molar-refractivity contribution in [1.82, 2.24) is 14.5 Å². The fraction of sp³-hybridized carbons (Fsp3) is 0.353. The molecule has 1 fully saturated rings. The summed E-state index contributed by atoms with van der Waals surface area (Å²) in [6, 6.07) is 6.07. The van der Waals surface area contributed by atoms with Gasteiger partial charge in [0.1, 0.15) is 17.2 Å². The SMILES string of the molecule is N#CCn1c(CN2CCOCC2)nc2scc(-c3cccs3)c2c1=O. The number of hydrogen-bond donors (Lipinski definition) is 0. The van der Waals surface area contributed by atoms with Gasteiger partial charge < -0.3 is 4.74 Å². The zero-order valence-electron chi connectivity index (χ0n) is 13.5. The van der Waals surface area contributed by atoms with Crippen LogP contribution < -0.4 is 5.56 Å². The van der Waals surface area contributed by atoms with Gasteiger partial charge >= 0.3 is 0 Å². The molecule has 3 aromatic heterocycles. The van der Waals surface area contributed by atoms with Gasteiger partial charge in [0.25, 0.3) is 5.56 Å². The molecular formula is C17H16N4O2S2. The lowest BCUT2D eigenvalue weighted by molar-refractivity contribution is 0.0325. The average molecular weight is 372 g/mol. The van der Waals surface area contributed by atoms with Crippen molar-refractivity contribution >= 4 is 32.9 Å². The number of nitrogens with zero attached hydrogens (tertiary/aromatic N) is 4. The minimum Gasteiger partial charge on any atom is -0.379 e. The number of fused-ring (bicyclic) bond motifs is 1. The van der Waals surface area contributed by atoms with Gasteiger partial charge in [0.05, 0.1) is 31.2 Å². The molecule has 0 amide bonds. The second kappa shape index (κ2) is 7.06. The Morgan fingerprint density at radius 2 is 2.16 bits per heavy atom. The molecule has 0 N–H and O–H groups in total. The van der Waals surface area contributed by atoms with Gasteiger partial charge in [0, 0.05) is 28.9 Å². The third kappa shape index (κ3) is 3.12. The predicted octanol–water partition coefficient (Wildman–Crippen LogP) is 2.54. The number of aromatic nitrogens is 2. The van der Waals surface area contributed by atoms with Crippen molar-refractivity contribution in [3.05, 3.63) is 39.1 Å². The molecule has 128 valence electrons. The van der Waals surface area contributed by atoms with Gasteiger partial charge in [-0.1, -0.05) is 6.07 Å². The smallest absolute Gasteiger partial charge is 0.263 e. The van der Waals surface area contributed by atoms with E-state index in [-0.39, 0.29) is 12.1 Å². The lowest BCUT2D eigenvalue weighted by Gasteiger charge is -2.26. The second-order valence-electron chi connectivity index (χ2n) is 5.77. The van der Waals surface area contributed by atoms with Gasteiger partial charge in [-0.15, -0.1) is 22.7 Å². The molecule has 0 saturated carbocycles.